The van der Waals surface area contributed by atoms with Crippen LogP contribution in [0.1, 0.15) is 71.9 Å². The fourth-order valence-electron chi connectivity index (χ4n) is 3.90. The first-order chi connectivity index (χ1) is 10.6. The van der Waals surface area contributed by atoms with Crippen molar-refractivity contribution in [2.45, 2.75) is 64.5 Å². The van der Waals surface area contributed by atoms with Crippen LogP contribution in [-0.4, -0.2) is 35.5 Å². The van der Waals surface area contributed by atoms with Crippen LogP contribution in [0.5, 0.6) is 0 Å². The minimum Gasteiger partial charge on any atom is -0.375 e. The lowest BCUT2D eigenvalue weighted by Crippen LogP contribution is -2.39. The molecule has 0 spiro atoms. The Morgan fingerprint density at radius 1 is 1.32 bits per heavy atom. The lowest BCUT2D eigenvalue weighted by atomic mass is 9.96. The number of rotatable bonds is 4. The molecule has 1 aromatic rings. The van der Waals surface area contributed by atoms with E-state index in [0.717, 1.165) is 34.5 Å². The largest absolute Gasteiger partial charge is 0.375 e. The highest BCUT2D eigenvalue weighted by Crippen LogP contribution is 2.37. The monoisotopic (exact) mass is 322 g/mol. The molecule has 0 radical (unpaired) electrons. The molecule has 0 N–H and O–H groups in total. The Morgan fingerprint density at radius 2 is 2.05 bits per heavy atom. The molecular formula is C17H26N2O2S. The number of thiazole rings is 1. The Balaban J connectivity index is 1.79. The predicted molar refractivity (Wildman–Crippen MR) is 88.3 cm³/mol. The van der Waals surface area contributed by atoms with Crippen LogP contribution in [0.2, 0.25) is 0 Å². The van der Waals surface area contributed by atoms with Crippen LogP contribution in [0.15, 0.2) is 0 Å². The fraction of sp³-hybridized carbons (Fsp3) is 0.765. The average molecular weight is 322 g/mol. The van der Waals surface area contributed by atoms with Gasteiger partial charge < -0.3 is 9.64 Å². The van der Waals surface area contributed by atoms with E-state index in [2.05, 4.69) is 9.88 Å². The number of aromatic nitrogens is 1. The van der Waals surface area contributed by atoms with E-state index in [-0.39, 0.29) is 12.0 Å². The summed E-state index contributed by atoms with van der Waals surface area (Å²) in [5, 5.41) is 0.903. The molecule has 0 bridgehead atoms. The smallest absolute Gasteiger partial charge is 0.266 e. The molecule has 1 aliphatic carbocycles. The highest BCUT2D eigenvalue weighted by molar-refractivity contribution is 7.13. The van der Waals surface area contributed by atoms with Crippen molar-refractivity contribution in [2.75, 3.05) is 13.7 Å². The van der Waals surface area contributed by atoms with E-state index in [1.807, 2.05) is 13.8 Å². The average Bonchev–Trinajstić information content (AvgIpc) is 3.24. The van der Waals surface area contributed by atoms with Gasteiger partial charge >= 0.3 is 0 Å². The minimum atomic E-state index is -0.0468. The number of amides is 1. The summed E-state index contributed by atoms with van der Waals surface area (Å²) < 4.78 is 5.34. The molecule has 1 aliphatic heterocycles. The molecule has 5 heteroatoms. The zero-order chi connectivity index (χ0) is 15.7. The van der Waals surface area contributed by atoms with Gasteiger partial charge in [-0.2, -0.15) is 0 Å². The molecule has 2 aliphatic rings. The van der Waals surface area contributed by atoms with Crippen molar-refractivity contribution in [3.8, 4) is 0 Å². The SMILES string of the molecule is CO[C@@H](C)c1nc(C)c(C(=O)N2CCC[C@H]2C2CCCC2)s1. The van der Waals surface area contributed by atoms with Gasteiger partial charge in [0.1, 0.15) is 16.0 Å². The summed E-state index contributed by atoms with van der Waals surface area (Å²) in [5.74, 6) is 0.913. The summed E-state index contributed by atoms with van der Waals surface area (Å²) in [4.78, 5) is 20.5. The lowest BCUT2D eigenvalue weighted by molar-refractivity contribution is 0.0693. The number of nitrogens with zero attached hydrogens (tertiary/aromatic N) is 2. The van der Waals surface area contributed by atoms with Crippen molar-refractivity contribution in [3.63, 3.8) is 0 Å². The van der Waals surface area contributed by atoms with Gasteiger partial charge in [0.25, 0.3) is 5.91 Å². The number of carbonyl (C=O) groups excluding carboxylic acids is 1. The topological polar surface area (TPSA) is 42.4 Å². The summed E-state index contributed by atoms with van der Waals surface area (Å²) in [7, 11) is 1.68. The van der Waals surface area contributed by atoms with Crippen LogP contribution in [0, 0.1) is 12.8 Å². The normalized spacial score (nSPS) is 24.1. The number of likely N-dealkylation sites (tertiary alicyclic amines) is 1. The number of carbonyl (C=O) groups is 1. The van der Waals surface area contributed by atoms with Crippen molar-refractivity contribution in [2.24, 2.45) is 5.92 Å². The third-order valence-electron chi connectivity index (χ3n) is 5.21. The van der Waals surface area contributed by atoms with Gasteiger partial charge in [-0.25, -0.2) is 4.98 Å². The molecule has 0 unspecified atom stereocenters. The second kappa shape index (κ2) is 6.67. The first kappa shape index (κ1) is 15.9. The second-order valence-electron chi connectivity index (χ2n) is 6.60. The van der Waals surface area contributed by atoms with Gasteiger partial charge in [-0.3, -0.25) is 4.79 Å². The number of aryl methyl sites for hydroxylation is 1. The van der Waals surface area contributed by atoms with Crippen LogP contribution in [0.25, 0.3) is 0 Å². The van der Waals surface area contributed by atoms with Crippen LogP contribution in [-0.2, 0) is 4.74 Å². The number of methoxy groups -OCH3 is 1. The summed E-state index contributed by atoms with van der Waals surface area (Å²) in [6, 6.07) is 0.458. The number of hydrogen-bond acceptors (Lipinski definition) is 4. The fourth-order valence-corrected chi connectivity index (χ4v) is 4.95. The van der Waals surface area contributed by atoms with Crippen molar-refractivity contribution in [1.82, 2.24) is 9.88 Å². The molecule has 1 amide bonds. The molecular weight excluding hydrogens is 296 g/mol. The molecule has 1 saturated heterocycles. The zero-order valence-electron chi connectivity index (χ0n) is 13.8. The first-order valence-corrected chi connectivity index (χ1v) is 9.24. The Labute approximate surface area is 136 Å². The van der Waals surface area contributed by atoms with E-state index in [0.29, 0.717) is 6.04 Å². The lowest BCUT2D eigenvalue weighted by Gasteiger charge is -2.29. The predicted octanol–water partition coefficient (Wildman–Crippen LogP) is 3.95. The molecule has 2 heterocycles. The van der Waals surface area contributed by atoms with E-state index in [1.165, 1.54) is 43.4 Å². The standard InChI is InChI=1S/C17H26N2O2S/c1-11-15(22-16(18-11)12(2)21-3)17(20)19-10-6-9-14(19)13-7-4-5-8-13/h12-14H,4-10H2,1-3H3/t12-,14-/m0/s1. The maximum Gasteiger partial charge on any atom is 0.266 e. The quantitative estimate of drug-likeness (QED) is 0.843. The third kappa shape index (κ3) is 2.93. The van der Waals surface area contributed by atoms with E-state index < -0.39 is 0 Å². The van der Waals surface area contributed by atoms with Gasteiger partial charge in [-0.05, 0) is 45.4 Å². The molecule has 0 aromatic carbocycles. The Bertz CT molecular complexity index is 537. The Hall–Kier alpha value is -0.940. The van der Waals surface area contributed by atoms with E-state index in [1.54, 1.807) is 7.11 Å². The highest BCUT2D eigenvalue weighted by atomic mass is 32.1. The van der Waals surface area contributed by atoms with Gasteiger partial charge in [-0.15, -0.1) is 11.3 Å². The van der Waals surface area contributed by atoms with Gasteiger partial charge in [0, 0.05) is 19.7 Å². The molecule has 2 fully saturated rings. The van der Waals surface area contributed by atoms with E-state index in [9.17, 15) is 4.79 Å². The summed E-state index contributed by atoms with van der Waals surface area (Å²) in [6.07, 6.45) is 7.53. The first-order valence-electron chi connectivity index (χ1n) is 8.43. The van der Waals surface area contributed by atoms with Crippen molar-refractivity contribution < 1.29 is 9.53 Å². The second-order valence-corrected chi connectivity index (χ2v) is 7.63. The summed E-state index contributed by atoms with van der Waals surface area (Å²) in [5.41, 5.74) is 0.853. The van der Waals surface area contributed by atoms with Crippen LogP contribution in [0.3, 0.4) is 0 Å². The molecule has 1 aromatic heterocycles. The molecule has 4 nitrogen and oxygen atoms in total. The molecule has 1 saturated carbocycles. The Morgan fingerprint density at radius 3 is 2.73 bits per heavy atom. The van der Waals surface area contributed by atoms with Crippen molar-refractivity contribution >= 4 is 17.2 Å². The highest BCUT2D eigenvalue weighted by Gasteiger charge is 2.37. The Kier molecular flexibility index (Phi) is 4.83. The minimum absolute atomic E-state index is 0.0468. The number of hydrogen-bond donors (Lipinski definition) is 0. The molecule has 22 heavy (non-hydrogen) atoms. The number of ether oxygens (including phenoxy) is 1. The van der Waals surface area contributed by atoms with Crippen molar-refractivity contribution in [3.05, 3.63) is 15.6 Å². The van der Waals surface area contributed by atoms with Crippen LogP contribution >= 0.6 is 11.3 Å². The van der Waals surface area contributed by atoms with Gasteiger partial charge in [0.05, 0.1) is 5.69 Å². The summed E-state index contributed by atoms with van der Waals surface area (Å²) >= 11 is 1.50. The zero-order valence-corrected chi connectivity index (χ0v) is 14.6. The maximum absolute atomic E-state index is 13.0. The van der Waals surface area contributed by atoms with Crippen LogP contribution < -0.4 is 0 Å². The van der Waals surface area contributed by atoms with Gasteiger partial charge in [0.15, 0.2) is 0 Å². The van der Waals surface area contributed by atoms with Gasteiger partial charge in [0.2, 0.25) is 0 Å². The summed E-state index contributed by atoms with van der Waals surface area (Å²) in [6.45, 7) is 4.83. The third-order valence-corrected chi connectivity index (χ3v) is 6.52. The van der Waals surface area contributed by atoms with Crippen LogP contribution in [0.4, 0.5) is 0 Å². The van der Waals surface area contributed by atoms with E-state index in [4.69, 9.17) is 4.74 Å². The molecule has 3 rings (SSSR count). The van der Waals surface area contributed by atoms with Crippen molar-refractivity contribution in [1.29, 1.82) is 0 Å². The molecule has 122 valence electrons. The van der Waals surface area contributed by atoms with Gasteiger partial charge in [-0.1, -0.05) is 12.8 Å². The van der Waals surface area contributed by atoms with E-state index >= 15 is 0 Å². The molecule has 2 atom stereocenters. The maximum atomic E-state index is 13.0.